The van der Waals surface area contributed by atoms with Gasteiger partial charge >= 0.3 is 0 Å². The molecule has 1 saturated heterocycles. The lowest BCUT2D eigenvalue weighted by Crippen LogP contribution is -2.34. The predicted molar refractivity (Wildman–Crippen MR) is 97.4 cm³/mol. The Kier molecular flexibility index (Phi) is 6.07. The highest BCUT2D eigenvalue weighted by molar-refractivity contribution is 5.84. The molecule has 0 aromatic heterocycles. The molecule has 0 spiro atoms. The van der Waals surface area contributed by atoms with E-state index < -0.39 is 0 Å². The van der Waals surface area contributed by atoms with E-state index in [9.17, 15) is 4.79 Å². The molecule has 3 rings (SSSR count). The van der Waals surface area contributed by atoms with E-state index in [-0.39, 0.29) is 12.5 Å². The fraction of sp³-hybridized carbons (Fsp3) is 0.450. The lowest BCUT2D eigenvalue weighted by molar-refractivity contribution is -0.123. The Morgan fingerprint density at radius 1 is 1.04 bits per heavy atom. The van der Waals surface area contributed by atoms with Crippen LogP contribution in [0, 0.1) is 0 Å². The molecule has 1 N–H and O–H groups in total. The summed E-state index contributed by atoms with van der Waals surface area (Å²) in [7, 11) is 0. The number of fused-ring (bicyclic) bond motifs is 1. The normalized spacial score (nSPS) is 15.3. The van der Waals surface area contributed by atoms with Crippen LogP contribution >= 0.6 is 0 Å². The van der Waals surface area contributed by atoms with Crippen LogP contribution in [-0.2, 0) is 4.79 Å². The molecule has 1 fully saturated rings. The van der Waals surface area contributed by atoms with Crippen molar-refractivity contribution in [1.82, 2.24) is 10.2 Å². The van der Waals surface area contributed by atoms with E-state index in [1.54, 1.807) is 0 Å². The molecule has 0 bridgehead atoms. The van der Waals surface area contributed by atoms with Crippen molar-refractivity contribution in [3.05, 3.63) is 42.5 Å². The van der Waals surface area contributed by atoms with Crippen molar-refractivity contribution in [2.45, 2.75) is 25.7 Å². The highest BCUT2D eigenvalue weighted by atomic mass is 16.5. The maximum Gasteiger partial charge on any atom is 0.257 e. The quantitative estimate of drug-likeness (QED) is 0.795. The number of nitrogens with one attached hydrogen (secondary N) is 1. The van der Waals surface area contributed by atoms with Gasteiger partial charge in [-0.05, 0) is 61.8 Å². The first-order chi connectivity index (χ1) is 11.8. The highest BCUT2D eigenvalue weighted by Crippen LogP contribution is 2.20. The molecular formula is C20H26N2O2. The molecule has 2 aromatic carbocycles. The first-order valence-corrected chi connectivity index (χ1v) is 8.92. The van der Waals surface area contributed by atoms with E-state index in [1.807, 2.05) is 36.4 Å². The van der Waals surface area contributed by atoms with Crippen LogP contribution in [0.2, 0.25) is 0 Å². The van der Waals surface area contributed by atoms with Crippen LogP contribution in [0.15, 0.2) is 42.5 Å². The molecule has 2 aromatic rings. The van der Waals surface area contributed by atoms with Crippen molar-refractivity contribution in [2.24, 2.45) is 0 Å². The summed E-state index contributed by atoms with van der Waals surface area (Å²) in [5, 5.41) is 5.23. The van der Waals surface area contributed by atoms with Crippen molar-refractivity contribution in [3.8, 4) is 5.75 Å². The van der Waals surface area contributed by atoms with Gasteiger partial charge in [0.25, 0.3) is 5.91 Å². The van der Waals surface area contributed by atoms with Crippen molar-refractivity contribution in [3.63, 3.8) is 0 Å². The summed E-state index contributed by atoms with van der Waals surface area (Å²) in [5.41, 5.74) is 0. The van der Waals surface area contributed by atoms with Crippen LogP contribution in [0.5, 0.6) is 5.75 Å². The van der Waals surface area contributed by atoms with Gasteiger partial charge in [0.05, 0.1) is 0 Å². The summed E-state index contributed by atoms with van der Waals surface area (Å²) in [6.45, 7) is 4.28. The minimum absolute atomic E-state index is 0.0539. The molecule has 1 aliphatic rings. The predicted octanol–water partition coefficient (Wildman–Crippen LogP) is 3.21. The van der Waals surface area contributed by atoms with Gasteiger partial charge in [0.2, 0.25) is 0 Å². The number of ether oxygens (including phenoxy) is 1. The van der Waals surface area contributed by atoms with Crippen molar-refractivity contribution < 1.29 is 9.53 Å². The Labute approximate surface area is 143 Å². The van der Waals surface area contributed by atoms with Crippen molar-refractivity contribution in [1.29, 1.82) is 0 Å². The number of hydrogen-bond donors (Lipinski definition) is 1. The van der Waals surface area contributed by atoms with Crippen molar-refractivity contribution >= 4 is 16.7 Å². The maximum atomic E-state index is 11.9. The van der Waals surface area contributed by atoms with Gasteiger partial charge in [-0.2, -0.15) is 0 Å². The van der Waals surface area contributed by atoms with Gasteiger partial charge in [0, 0.05) is 6.54 Å². The Balaban J connectivity index is 1.35. The number of hydrogen-bond acceptors (Lipinski definition) is 3. The third-order valence-corrected chi connectivity index (χ3v) is 4.51. The van der Waals surface area contributed by atoms with Crippen molar-refractivity contribution in [2.75, 3.05) is 32.8 Å². The van der Waals surface area contributed by atoms with Crippen LogP contribution in [0.3, 0.4) is 0 Å². The molecule has 0 atom stereocenters. The number of carbonyl (C=O) groups is 1. The molecule has 0 radical (unpaired) electrons. The summed E-state index contributed by atoms with van der Waals surface area (Å²) in [4.78, 5) is 14.4. The average molecular weight is 326 g/mol. The SMILES string of the molecule is O=C(COc1ccc2ccccc2c1)NCCCN1CCCCC1. The molecule has 0 unspecified atom stereocenters. The van der Waals surface area contributed by atoms with Gasteiger partial charge in [0.1, 0.15) is 5.75 Å². The molecule has 1 heterocycles. The molecular weight excluding hydrogens is 300 g/mol. The summed E-state index contributed by atoms with van der Waals surface area (Å²) in [6, 6.07) is 14.0. The molecule has 1 amide bonds. The second kappa shape index (κ2) is 8.69. The molecule has 0 aliphatic carbocycles. The van der Waals surface area contributed by atoms with Gasteiger partial charge < -0.3 is 15.0 Å². The fourth-order valence-electron chi connectivity index (χ4n) is 3.17. The molecule has 1 aliphatic heterocycles. The van der Waals surface area contributed by atoms with Gasteiger partial charge in [0.15, 0.2) is 6.61 Å². The summed E-state index contributed by atoms with van der Waals surface area (Å²) in [6.07, 6.45) is 4.99. The van der Waals surface area contributed by atoms with E-state index in [0.717, 1.165) is 30.6 Å². The lowest BCUT2D eigenvalue weighted by Gasteiger charge is -2.26. The molecule has 128 valence electrons. The third-order valence-electron chi connectivity index (χ3n) is 4.51. The Morgan fingerprint density at radius 3 is 2.67 bits per heavy atom. The summed E-state index contributed by atoms with van der Waals surface area (Å²) in [5.74, 6) is 0.680. The van der Waals surface area contributed by atoms with E-state index in [0.29, 0.717) is 0 Å². The molecule has 0 saturated carbocycles. The van der Waals surface area contributed by atoms with Crippen LogP contribution in [-0.4, -0.2) is 43.6 Å². The Morgan fingerprint density at radius 2 is 1.83 bits per heavy atom. The van der Waals surface area contributed by atoms with Crippen LogP contribution in [0.25, 0.3) is 10.8 Å². The minimum Gasteiger partial charge on any atom is -0.484 e. The average Bonchev–Trinajstić information content (AvgIpc) is 2.64. The number of benzene rings is 2. The number of carbonyl (C=O) groups excluding carboxylic acids is 1. The number of rotatable bonds is 7. The number of nitrogens with zero attached hydrogens (tertiary/aromatic N) is 1. The van der Waals surface area contributed by atoms with Gasteiger partial charge in [-0.1, -0.05) is 36.8 Å². The first kappa shape index (κ1) is 16.8. The summed E-state index contributed by atoms with van der Waals surface area (Å²) >= 11 is 0. The van der Waals surface area contributed by atoms with Gasteiger partial charge in [-0.3, -0.25) is 4.79 Å². The Hall–Kier alpha value is -2.07. The van der Waals surface area contributed by atoms with E-state index in [4.69, 9.17) is 4.74 Å². The first-order valence-electron chi connectivity index (χ1n) is 8.92. The summed E-state index contributed by atoms with van der Waals surface area (Å²) < 4.78 is 5.60. The zero-order chi connectivity index (χ0) is 16.6. The topological polar surface area (TPSA) is 41.6 Å². The van der Waals surface area contributed by atoms with E-state index >= 15 is 0 Å². The second-order valence-electron chi connectivity index (χ2n) is 6.40. The minimum atomic E-state index is -0.0539. The van der Waals surface area contributed by atoms with Gasteiger partial charge in [-0.25, -0.2) is 0 Å². The van der Waals surface area contributed by atoms with E-state index in [2.05, 4.69) is 16.3 Å². The standard InChI is InChI=1S/C20H26N2O2/c23-20(21-11-6-14-22-12-4-1-5-13-22)16-24-19-10-9-17-7-2-3-8-18(17)15-19/h2-3,7-10,15H,1,4-6,11-14,16H2,(H,21,23). The molecule has 24 heavy (non-hydrogen) atoms. The number of amides is 1. The number of piperidine rings is 1. The fourth-order valence-corrected chi connectivity index (χ4v) is 3.17. The largest absolute Gasteiger partial charge is 0.484 e. The maximum absolute atomic E-state index is 11.9. The second-order valence-corrected chi connectivity index (χ2v) is 6.40. The zero-order valence-corrected chi connectivity index (χ0v) is 14.2. The van der Waals surface area contributed by atoms with Gasteiger partial charge in [-0.15, -0.1) is 0 Å². The molecule has 4 heteroatoms. The number of likely N-dealkylation sites (tertiary alicyclic amines) is 1. The van der Waals surface area contributed by atoms with Crippen LogP contribution < -0.4 is 10.1 Å². The monoisotopic (exact) mass is 326 g/mol. The third kappa shape index (κ3) is 4.96. The smallest absolute Gasteiger partial charge is 0.257 e. The van der Waals surface area contributed by atoms with Crippen LogP contribution in [0.4, 0.5) is 0 Å². The lowest BCUT2D eigenvalue weighted by atomic mass is 10.1. The molecule has 4 nitrogen and oxygen atoms in total. The highest BCUT2D eigenvalue weighted by Gasteiger charge is 2.09. The Bertz CT molecular complexity index is 665. The van der Waals surface area contributed by atoms with E-state index in [1.165, 1.54) is 37.7 Å². The van der Waals surface area contributed by atoms with Crippen LogP contribution in [0.1, 0.15) is 25.7 Å². The zero-order valence-electron chi connectivity index (χ0n) is 14.2.